The van der Waals surface area contributed by atoms with E-state index in [1.54, 1.807) is 6.07 Å². The highest BCUT2D eigenvalue weighted by molar-refractivity contribution is 5.17. The molecule has 1 aromatic rings. The fourth-order valence-electron chi connectivity index (χ4n) is 1.71. The average Bonchev–Trinajstić information content (AvgIpc) is 2.77. The van der Waals surface area contributed by atoms with Gasteiger partial charge in [-0.15, -0.1) is 0 Å². The van der Waals surface area contributed by atoms with Gasteiger partial charge in [-0.1, -0.05) is 0 Å². The number of hydrogen-bond donors (Lipinski definition) is 1. The van der Waals surface area contributed by atoms with Crippen LogP contribution in [0.4, 0.5) is 5.88 Å². The fraction of sp³-hybridized carbons (Fsp3) is 0.600. The number of nitrogens with zero attached hydrogens (tertiary/aromatic N) is 3. The van der Waals surface area contributed by atoms with Gasteiger partial charge in [-0.3, -0.25) is 10.1 Å². The predicted octanol–water partition coefficient (Wildman–Crippen LogP) is 0.440. The minimum atomic E-state index is -0.528. The number of likely N-dealkylation sites (N-methyl/N-ethyl adjacent to an activating group) is 1. The minimum Gasteiger partial charge on any atom is -0.404 e. The number of furan rings is 1. The van der Waals surface area contributed by atoms with Gasteiger partial charge >= 0.3 is 5.88 Å². The van der Waals surface area contributed by atoms with Gasteiger partial charge in [0.2, 0.25) is 0 Å². The molecule has 0 bridgehead atoms. The lowest BCUT2D eigenvalue weighted by Gasteiger charge is -2.32. The summed E-state index contributed by atoms with van der Waals surface area (Å²) in [7, 11) is 2.09. The van der Waals surface area contributed by atoms with Gasteiger partial charge in [0.05, 0.1) is 12.6 Å². The summed E-state index contributed by atoms with van der Waals surface area (Å²) in [6, 6.07) is 3.00. The van der Waals surface area contributed by atoms with E-state index in [0.29, 0.717) is 12.3 Å². The molecule has 0 spiro atoms. The minimum absolute atomic E-state index is 0.208. The highest BCUT2D eigenvalue weighted by Gasteiger charge is 2.15. The van der Waals surface area contributed by atoms with E-state index in [4.69, 9.17) is 4.42 Å². The zero-order valence-corrected chi connectivity index (χ0v) is 9.76. The summed E-state index contributed by atoms with van der Waals surface area (Å²) in [6.07, 6.45) is 0. The Balaban J connectivity index is 1.79. The molecule has 2 rings (SSSR count). The van der Waals surface area contributed by atoms with Crippen LogP contribution in [0.5, 0.6) is 0 Å². The zero-order valence-electron chi connectivity index (χ0n) is 9.76. The molecule has 94 valence electrons. The SMILES string of the molecule is CN1CCN(NCc2ccc([N+](=O)[O-])o2)CC1. The van der Waals surface area contributed by atoms with Crippen molar-refractivity contribution in [3.63, 3.8) is 0 Å². The van der Waals surface area contributed by atoms with Gasteiger partial charge in [-0.2, -0.15) is 0 Å². The Hall–Kier alpha value is -1.44. The van der Waals surface area contributed by atoms with Crippen molar-refractivity contribution in [3.05, 3.63) is 28.0 Å². The third kappa shape index (κ3) is 3.26. The quantitative estimate of drug-likeness (QED) is 0.608. The van der Waals surface area contributed by atoms with Gasteiger partial charge in [-0.25, -0.2) is 10.4 Å². The Kier molecular flexibility index (Phi) is 3.72. The van der Waals surface area contributed by atoms with E-state index in [1.165, 1.54) is 6.07 Å². The number of piperazine rings is 1. The molecule has 1 fully saturated rings. The standard InChI is InChI=1S/C10H16N4O3/c1-12-4-6-13(7-5-12)11-8-9-2-3-10(17-9)14(15)16/h2-3,11H,4-8H2,1H3. The maximum Gasteiger partial charge on any atom is 0.433 e. The van der Waals surface area contributed by atoms with Crippen LogP contribution in [0.2, 0.25) is 0 Å². The van der Waals surface area contributed by atoms with Crippen molar-refractivity contribution in [3.8, 4) is 0 Å². The number of nitro groups is 1. The van der Waals surface area contributed by atoms with Crippen molar-refractivity contribution < 1.29 is 9.34 Å². The summed E-state index contributed by atoms with van der Waals surface area (Å²) in [4.78, 5) is 12.2. The Labute approximate surface area is 99.1 Å². The molecule has 1 saturated heterocycles. The highest BCUT2D eigenvalue weighted by Crippen LogP contribution is 2.15. The zero-order chi connectivity index (χ0) is 12.3. The molecule has 0 radical (unpaired) electrons. The molecule has 0 atom stereocenters. The Morgan fingerprint density at radius 3 is 2.71 bits per heavy atom. The first kappa shape index (κ1) is 12.0. The van der Waals surface area contributed by atoms with Crippen molar-refractivity contribution >= 4 is 5.88 Å². The molecule has 7 heteroatoms. The van der Waals surface area contributed by atoms with Crippen LogP contribution in [0.15, 0.2) is 16.5 Å². The topological polar surface area (TPSA) is 74.8 Å². The summed E-state index contributed by atoms with van der Waals surface area (Å²) in [6.45, 7) is 4.41. The van der Waals surface area contributed by atoms with Crippen LogP contribution in [0.25, 0.3) is 0 Å². The Morgan fingerprint density at radius 1 is 1.41 bits per heavy atom. The van der Waals surface area contributed by atoms with Gasteiger partial charge in [0.25, 0.3) is 0 Å². The Bertz CT molecular complexity index is 385. The first-order valence-corrected chi connectivity index (χ1v) is 5.55. The van der Waals surface area contributed by atoms with Crippen molar-refractivity contribution in [1.82, 2.24) is 15.3 Å². The fourth-order valence-corrected chi connectivity index (χ4v) is 1.71. The Morgan fingerprint density at radius 2 is 2.12 bits per heavy atom. The number of hydrazine groups is 1. The highest BCUT2D eigenvalue weighted by atomic mass is 16.6. The normalized spacial score (nSPS) is 18.4. The average molecular weight is 240 g/mol. The van der Waals surface area contributed by atoms with E-state index in [0.717, 1.165) is 26.2 Å². The van der Waals surface area contributed by atoms with E-state index < -0.39 is 4.92 Å². The van der Waals surface area contributed by atoms with Crippen LogP contribution < -0.4 is 5.43 Å². The number of nitrogens with one attached hydrogen (secondary N) is 1. The monoisotopic (exact) mass is 240 g/mol. The second-order valence-electron chi connectivity index (χ2n) is 4.12. The lowest BCUT2D eigenvalue weighted by molar-refractivity contribution is -0.402. The molecule has 1 aliphatic rings. The molecule has 17 heavy (non-hydrogen) atoms. The van der Waals surface area contributed by atoms with Crippen molar-refractivity contribution in [2.75, 3.05) is 33.2 Å². The molecule has 1 aliphatic heterocycles. The van der Waals surface area contributed by atoms with E-state index in [9.17, 15) is 10.1 Å². The van der Waals surface area contributed by atoms with Gasteiger partial charge in [0, 0.05) is 26.2 Å². The van der Waals surface area contributed by atoms with Crippen molar-refractivity contribution in [2.45, 2.75) is 6.54 Å². The summed E-state index contributed by atoms with van der Waals surface area (Å²) >= 11 is 0. The van der Waals surface area contributed by atoms with Crippen LogP contribution >= 0.6 is 0 Å². The van der Waals surface area contributed by atoms with Crippen LogP contribution in [0.3, 0.4) is 0 Å². The lowest BCUT2D eigenvalue weighted by atomic mass is 10.4. The van der Waals surface area contributed by atoms with Crippen molar-refractivity contribution in [2.24, 2.45) is 0 Å². The molecule has 0 unspecified atom stereocenters. The molecular formula is C10H16N4O3. The second-order valence-corrected chi connectivity index (χ2v) is 4.12. The first-order valence-electron chi connectivity index (χ1n) is 5.55. The maximum absolute atomic E-state index is 10.4. The molecule has 0 aromatic carbocycles. The van der Waals surface area contributed by atoms with Crippen LogP contribution in [0, 0.1) is 10.1 Å². The molecule has 1 N–H and O–H groups in total. The van der Waals surface area contributed by atoms with Crippen molar-refractivity contribution in [1.29, 1.82) is 0 Å². The number of rotatable bonds is 4. The number of hydrogen-bond acceptors (Lipinski definition) is 6. The van der Waals surface area contributed by atoms with Crippen LogP contribution in [0.1, 0.15) is 5.76 Å². The van der Waals surface area contributed by atoms with Gasteiger partial charge in [0.1, 0.15) is 10.7 Å². The molecule has 2 heterocycles. The summed E-state index contributed by atoms with van der Waals surface area (Å²) in [5, 5.41) is 12.5. The first-order chi connectivity index (χ1) is 8.15. The third-order valence-electron chi connectivity index (χ3n) is 2.81. The molecule has 1 aromatic heterocycles. The van der Waals surface area contributed by atoms with Gasteiger partial charge in [-0.05, 0) is 13.1 Å². The van der Waals surface area contributed by atoms with Gasteiger partial charge < -0.3 is 9.32 Å². The summed E-state index contributed by atoms with van der Waals surface area (Å²) < 4.78 is 5.06. The second kappa shape index (κ2) is 5.26. The molecular weight excluding hydrogens is 224 g/mol. The van der Waals surface area contributed by atoms with E-state index >= 15 is 0 Å². The smallest absolute Gasteiger partial charge is 0.404 e. The molecule has 0 aliphatic carbocycles. The molecule has 7 nitrogen and oxygen atoms in total. The van der Waals surface area contributed by atoms with E-state index in [1.807, 2.05) is 0 Å². The third-order valence-corrected chi connectivity index (χ3v) is 2.81. The van der Waals surface area contributed by atoms with E-state index in [-0.39, 0.29) is 5.88 Å². The van der Waals surface area contributed by atoms with E-state index in [2.05, 4.69) is 22.4 Å². The maximum atomic E-state index is 10.4. The molecule has 0 amide bonds. The van der Waals surface area contributed by atoms with Crippen LogP contribution in [-0.4, -0.2) is 48.1 Å². The lowest BCUT2D eigenvalue weighted by Crippen LogP contribution is -2.50. The molecule has 0 saturated carbocycles. The largest absolute Gasteiger partial charge is 0.433 e. The predicted molar refractivity (Wildman–Crippen MR) is 61.3 cm³/mol. The summed E-state index contributed by atoms with van der Waals surface area (Å²) in [5.41, 5.74) is 3.20. The summed E-state index contributed by atoms with van der Waals surface area (Å²) in [5.74, 6) is 0.371. The van der Waals surface area contributed by atoms with Crippen LogP contribution in [-0.2, 0) is 6.54 Å². The van der Waals surface area contributed by atoms with Gasteiger partial charge in [0.15, 0.2) is 0 Å².